The van der Waals surface area contributed by atoms with Crippen molar-refractivity contribution in [2.75, 3.05) is 12.4 Å². The van der Waals surface area contributed by atoms with Gasteiger partial charge in [0.25, 0.3) is 5.91 Å². The highest BCUT2D eigenvalue weighted by molar-refractivity contribution is 5.94. The van der Waals surface area contributed by atoms with Crippen molar-refractivity contribution >= 4 is 11.6 Å². The van der Waals surface area contributed by atoms with Crippen LogP contribution in [0.25, 0.3) is 0 Å². The molecule has 1 saturated carbocycles. The lowest BCUT2D eigenvalue weighted by Crippen LogP contribution is -2.38. The Kier molecular flexibility index (Phi) is 4.20. The Balaban J connectivity index is 1.90. The van der Waals surface area contributed by atoms with Gasteiger partial charge in [-0.25, -0.2) is 0 Å². The van der Waals surface area contributed by atoms with Crippen LogP contribution in [0.3, 0.4) is 0 Å². The molecule has 0 saturated heterocycles. The summed E-state index contributed by atoms with van der Waals surface area (Å²) >= 11 is 0. The van der Waals surface area contributed by atoms with Crippen molar-refractivity contribution < 1.29 is 9.90 Å². The Morgan fingerprint density at radius 2 is 1.78 bits per heavy atom. The molecule has 0 bridgehead atoms. The molecule has 3 N–H and O–H groups in total. The standard InChI is InChI=1S/C14H20N2O2/c1-15-11-4-2-10(3-5-11)14(18)16-12-6-8-13(17)9-7-12/h2-5,12-13,15,17H,6-9H2,1H3,(H,16,18). The second kappa shape index (κ2) is 5.87. The summed E-state index contributed by atoms with van der Waals surface area (Å²) < 4.78 is 0. The van der Waals surface area contributed by atoms with Crippen LogP contribution in [-0.4, -0.2) is 30.2 Å². The van der Waals surface area contributed by atoms with Crippen LogP contribution >= 0.6 is 0 Å². The minimum atomic E-state index is -0.187. The van der Waals surface area contributed by atoms with Crippen molar-refractivity contribution in [1.82, 2.24) is 5.32 Å². The molecule has 1 fully saturated rings. The molecule has 4 nitrogen and oxygen atoms in total. The first-order valence-electron chi connectivity index (χ1n) is 6.46. The van der Waals surface area contributed by atoms with Gasteiger partial charge in [-0.05, 0) is 49.9 Å². The Hall–Kier alpha value is -1.55. The summed E-state index contributed by atoms with van der Waals surface area (Å²) in [6.45, 7) is 0. The van der Waals surface area contributed by atoms with Crippen molar-refractivity contribution in [2.24, 2.45) is 0 Å². The highest BCUT2D eigenvalue weighted by Crippen LogP contribution is 2.19. The van der Waals surface area contributed by atoms with Gasteiger partial charge in [0.2, 0.25) is 0 Å². The Labute approximate surface area is 107 Å². The summed E-state index contributed by atoms with van der Waals surface area (Å²) in [6.07, 6.45) is 3.10. The number of hydrogen-bond donors (Lipinski definition) is 3. The lowest BCUT2D eigenvalue weighted by atomic mass is 9.93. The van der Waals surface area contributed by atoms with Crippen molar-refractivity contribution in [3.8, 4) is 0 Å². The van der Waals surface area contributed by atoms with Gasteiger partial charge in [-0.3, -0.25) is 4.79 Å². The molecule has 0 unspecified atom stereocenters. The quantitative estimate of drug-likeness (QED) is 0.764. The molecule has 1 aliphatic carbocycles. The maximum absolute atomic E-state index is 12.0. The summed E-state index contributed by atoms with van der Waals surface area (Å²) in [7, 11) is 1.85. The third-order valence-corrected chi connectivity index (χ3v) is 3.47. The second-order valence-corrected chi connectivity index (χ2v) is 4.81. The van der Waals surface area contributed by atoms with E-state index in [1.807, 2.05) is 31.3 Å². The topological polar surface area (TPSA) is 61.4 Å². The van der Waals surface area contributed by atoms with Crippen molar-refractivity contribution in [1.29, 1.82) is 0 Å². The first kappa shape index (κ1) is 12.9. The summed E-state index contributed by atoms with van der Waals surface area (Å²) in [6, 6.07) is 7.61. The summed E-state index contributed by atoms with van der Waals surface area (Å²) in [4.78, 5) is 12.0. The molecule has 0 spiro atoms. The average Bonchev–Trinajstić information content (AvgIpc) is 2.41. The van der Waals surface area contributed by atoms with E-state index in [1.54, 1.807) is 0 Å². The lowest BCUT2D eigenvalue weighted by Gasteiger charge is -2.26. The van der Waals surface area contributed by atoms with Gasteiger partial charge in [-0.2, -0.15) is 0 Å². The first-order valence-corrected chi connectivity index (χ1v) is 6.46. The Bertz CT molecular complexity index is 395. The number of aliphatic hydroxyl groups is 1. The normalized spacial score (nSPS) is 23.4. The summed E-state index contributed by atoms with van der Waals surface area (Å²) in [5, 5.41) is 15.5. The largest absolute Gasteiger partial charge is 0.393 e. The lowest BCUT2D eigenvalue weighted by molar-refractivity contribution is 0.0867. The molecule has 18 heavy (non-hydrogen) atoms. The first-order chi connectivity index (χ1) is 8.69. The van der Waals surface area contributed by atoms with Crippen molar-refractivity contribution in [2.45, 2.75) is 37.8 Å². The van der Waals surface area contributed by atoms with Crippen LogP contribution in [0.15, 0.2) is 24.3 Å². The van der Waals surface area contributed by atoms with Crippen molar-refractivity contribution in [3.05, 3.63) is 29.8 Å². The zero-order valence-electron chi connectivity index (χ0n) is 10.6. The molecule has 0 aliphatic heterocycles. The fourth-order valence-corrected chi connectivity index (χ4v) is 2.28. The Morgan fingerprint density at radius 1 is 1.17 bits per heavy atom. The van der Waals surface area contributed by atoms with E-state index in [0.29, 0.717) is 5.56 Å². The molecule has 98 valence electrons. The average molecular weight is 248 g/mol. The van der Waals surface area contributed by atoms with Gasteiger partial charge in [0, 0.05) is 24.3 Å². The van der Waals surface area contributed by atoms with E-state index in [4.69, 9.17) is 0 Å². The molecule has 4 heteroatoms. The van der Waals surface area contributed by atoms with Gasteiger partial charge >= 0.3 is 0 Å². The van der Waals surface area contributed by atoms with Crippen LogP contribution in [0.5, 0.6) is 0 Å². The third kappa shape index (κ3) is 3.23. The van der Waals surface area contributed by atoms with Crippen LogP contribution in [0.1, 0.15) is 36.0 Å². The number of nitrogens with one attached hydrogen (secondary N) is 2. The van der Waals surface area contributed by atoms with Crippen LogP contribution in [0.2, 0.25) is 0 Å². The third-order valence-electron chi connectivity index (χ3n) is 3.47. The van der Waals surface area contributed by atoms with Gasteiger partial charge in [-0.15, -0.1) is 0 Å². The van der Waals surface area contributed by atoms with E-state index in [1.165, 1.54) is 0 Å². The van der Waals surface area contributed by atoms with Gasteiger partial charge < -0.3 is 15.7 Å². The molecule has 0 atom stereocenters. The van der Waals surface area contributed by atoms with E-state index in [2.05, 4.69) is 10.6 Å². The predicted molar refractivity (Wildman–Crippen MR) is 71.7 cm³/mol. The van der Waals surface area contributed by atoms with E-state index >= 15 is 0 Å². The number of hydrogen-bond acceptors (Lipinski definition) is 3. The van der Waals surface area contributed by atoms with Crippen molar-refractivity contribution in [3.63, 3.8) is 0 Å². The zero-order chi connectivity index (χ0) is 13.0. The predicted octanol–water partition coefficient (Wildman–Crippen LogP) is 1.76. The molecule has 0 radical (unpaired) electrons. The summed E-state index contributed by atoms with van der Waals surface area (Å²) in [5.41, 5.74) is 1.67. The summed E-state index contributed by atoms with van der Waals surface area (Å²) in [5.74, 6) is -0.0287. The number of carbonyl (C=O) groups excluding carboxylic acids is 1. The molecule has 1 aliphatic rings. The maximum atomic E-state index is 12.0. The monoisotopic (exact) mass is 248 g/mol. The number of amides is 1. The molecule has 1 aromatic carbocycles. The molecule has 0 heterocycles. The molecular formula is C14H20N2O2. The highest BCUT2D eigenvalue weighted by Gasteiger charge is 2.21. The molecular weight excluding hydrogens is 228 g/mol. The molecule has 1 amide bonds. The smallest absolute Gasteiger partial charge is 0.251 e. The van der Waals surface area contributed by atoms with Gasteiger partial charge in [-0.1, -0.05) is 0 Å². The number of anilines is 1. The van der Waals surface area contributed by atoms with Crippen LogP contribution in [0, 0.1) is 0 Å². The SMILES string of the molecule is CNc1ccc(C(=O)NC2CCC(O)CC2)cc1. The van der Waals surface area contributed by atoms with Crippen LogP contribution in [0.4, 0.5) is 5.69 Å². The minimum Gasteiger partial charge on any atom is -0.393 e. The van der Waals surface area contributed by atoms with E-state index in [9.17, 15) is 9.90 Å². The number of aliphatic hydroxyl groups excluding tert-OH is 1. The van der Waals surface area contributed by atoms with Crippen LogP contribution < -0.4 is 10.6 Å². The fourth-order valence-electron chi connectivity index (χ4n) is 2.28. The zero-order valence-corrected chi connectivity index (χ0v) is 10.6. The molecule has 1 aromatic rings. The number of carbonyl (C=O) groups is 1. The second-order valence-electron chi connectivity index (χ2n) is 4.81. The molecule has 0 aromatic heterocycles. The van der Waals surface area contributed by atoms with Gasteiger partial charge in [0.1, 0.15) is 0 Å². The maximum Gasteiger partial charge on any atom is 0.251 e. The number of rotatable bonds is 3. The Morgan fingerprint density at radius 3 is 2.33 bits per heavy atom. The van der Waals surface area contributed by atoms with E-state index < -0.39 is 0 Å². The minimum absolute atomic E-state index is 0.0287. The van der Waals surface area contributed by atoms with E-state index in [0.717, 1.165) is 31.4 Å². The fraction of sp³-hybridized carbons (Fsp3) is 0.500. The highest BCUT2D eigenvalue weighted by atomic mass is 16.3. The molecule has 2 rings (SSSR count). The van der Waals surface area contributed by atoms with E-state index in [-0.39, 0.29) is 18.1 Å². The van der Waals surface area contributed by atoms with Crippen LogP contribution in [-0.2, 0) is 0 Å². The number of benzene rings is 1. The van der Waals surface area contributed by atoms with Gasteiger partial charge in [0.05, 0.1) is 6.10 Å². The van der Waals surface area contributed by atoms with Gasteiger partial charge in [0.15, 0.2) is 0 Å².